The average Bonchev–Trinajstić information content (AvgIpc) is 2.73. The Labute approximate surface area is 160 Å². The highest BCUT2D eigenvalue weighted by atomic mass is 16.5. The Balaban J connectivity index is 1.65. The van der Waals surface area contributed by atoms with Gasteiger partial charge in [0, 0.05) is 18.7 Å². The minimum atomic E-state index is -0.193. The van der Waals surface area contributed by atoms with E-state index in [1.807, 2.05) is 48.2 Å². The number of carbonyl (C=O) groups is 1. The number of benzene rings is 2. The zero-order chi connectivity index (χ0) is 19.2. The van der Waals surface area contributed by atoms with Gasteiger partial charge in [-0.15, -0.1) is 0 Å². The molecule has 1 heterocycles. The van der Waals surface area contributed by atoms with Crippen molar-refractivity contribution in [1.29, 1.82) is 0 Å². The number of hydrogen-bond acceptors (Lipinski definition) is 3. The number of amides is 2. The lowest BCUT2D eigenvalue weighted by Gasteiger charge is -2.28. The van der Waals surface area contributed by atoms with Gasteiger partial charge in [0.25, 0.3) is 0 Å². The molecule has 0 fully saturated rings. The van der Waals surface area contributed by atoms with Crippen LogP contribution in [0.5, 0.6) is 11.5 Å². The fourth-order valence-electron chi connectivity index (χ4n) is 3.30. The molecule has 0 aromatic heterocycles. The SMILES string of the molecule is COc1ccc(OC)c(C(C)NC(=O)N2CC=C(c3ccccc3)CC2)c1. The molecule has 0 radical (unpaired) electrons. The second-order valence-electron chi connectivity index (χ2n) is 6.57. The van der Waals surface area contributed by atoms with Crippen LogP contribution in [0.25, 0.3) is 5.57 Å². The topological polar surface area (TPSA) is 50.8 Å². The summed E-state index contributed by atoms with van der Waals surface area (Å²) < 4.78 is 10.7. The monoisotopic (exact) mass is 366 g/mol. The van der Waals surface area contributed by atoms with Crippen LogP contribution >= 0.6 is 0 Å². The molecule has 2 amide bonds. The van der Waals surface area contributed by atoms with Crippen LogP contribution in [0, 0.1) is 0 Å². The maximum absolute atomic E-state index is 12.7. The zero-order valence-electron chi connectivity index (χ0n) is 16.1. The molecule has 0 bridgehead atoms. The third kappa shape index (κ3) is 4.42. The van der Waals surface area contributed by atoms with E-state index < -0.39 is 0 Å². The Morgan fingerprint density at radius 3 is 2.52 bits per heavy atom. The third-order valence-electron chi connectivity index (χ3n) is 4.88. The quantitative estimate of drug-likeness (QED) is 0.860. The lowest BCUT2D eigenvalue weighted by molar-refractivity contribution is 0.199. The van der Waals surface area contributed by atoms with Crippen LogP contribution in [0.1, 0.15) is 30.5 Å². The predicted molar refractivity (Wildman–Crippen MR) is 107 cm³/mol. The summed E-state index contributed by atoms with van der Waals surface area (Å²) >= 11 is 0. The predicted octanol–water partition coefficient (Wildman–Crippen LogP) is 4.26. The number of rotatable bonds is 5. The van der Waals surface area contributed by atoms with E-state index in [1.165, 1.54) is 11.1 Å². The minimum absolute atomic E-state index is 0.0734. The molecule has 1 atom stereocenters. The number of nitrogens with one attached hydrogen (secondary N) is 1. The molecule has 0 spiro atoms. The standard InChI is InChI=1S/C22H26N2O3/c1-16(20-15-19(26-2)9-10-21(20)27-3)23-22(25)24-13-11-18(12-14-24)17-7-5-4-6-8-17/h4-11,15-16H,12-14H2,1-3H3,(H,23,25). The van der Waals surface area contributed by atoms with Gasteiger partial charge < -0.3 is 19.7 Å². The molecule has 1 aliphatic rings. The molecular weight excluding hydrogens is 340 g/mol. The van der Waals surface area contributed by atoms with Crippen LogP contribution < -0.4 is 14.8 Å². The molecule has 27 heavy (non-hydrogen) atoms. The van der Waals surface area contributed by atoms with Gasteiger partial charge in [0.1, 0.15) is 11.5 Å². The van der Waals surface area contributed by atoms with E-state index in [4.69, 9.17) is 9.47 Å². The Morgan fingerprint density at radius 1 is 1.11 bits per heavy atom. The van der Waals surface area contributed by atoms with Gasteiger partial charge in [0.05, 0.1) is 20.3 Å². The average molecular weight is 366 g/mol. The van der Waals surface area contributed by atoms with E-state index in [9.17, 15) is 4.79 Å². The first kappa shape index (κ1) is 18.8. The number of ether oxygens (including phenoxy) is 2. The van der Waals surface area contributed by atoms with Gasteiger partial charge in [-0.3, -0.25) is 0 Å². The summed E-state index contributed by atoms with van der Waals surface area (Å²) in [5.41, 5.74) is 3.41. The highest BCUT2D eigenvalue weighted by Gasteiger charge is 2.21. The van der Waals surface area contributed by atoms with Crippen molar-refractivity contribution >= 4 is 11.6 Å². The van der Waals surface area contributed by atoms with Crippen molar-refractivity contribution in [3.05, 3.63) is 65.7 Å². The Kier molecular flexibility index (Phi) is 6.01. The molecule has 1 aliphatic heterocycles. The van der Waals surface area contributed by atoms with Crippen LogP contribution in [0.2, 0.25) is 0 Å². The highest BCUT2D eigenvalue weighted by Crippen LogP contribution is 2.29. The van der Waals surface area contributed by atoms with Crippen molar-refractivity contribution in [2.24, 2.45) is 0 Å². The Morgan fingerprint density at radius 2 is 1.89 bits per heavy atom. The van der Waals surface area contributed by atoms with Gasteiger partial charge in [-0.2, -0.15) is 0 Å². The molecule has 1 N–H and O–H groups in total. The molecule has 5 heteroatoms. The van der Waals surface area contributed by atoms with Gasteiger partial charge >= 0.3 is 6.03 Å². The van der Waals surface area contributed by atoms with Crippen molar-refractivity contribution in [3.63, 3.8) is 0 Å². The third-order valence-corrected chi connectivity index (χ3v) is 4.88. The molecule has 142 valence electrons. The fourth-order valence-corrected chi connectivity index (χ4v) is 3.30. The molecule has 5 nitrogen and oxygen atoms in total. The van der Waals surface area contributed by atoms with Crippen molar-refractivity contribution in [1.82, 2.24) is 10.2 Å². The molecule has 0 saturated heterocycles. The van der Waals surface area contributed by atoms with Crippen molar-refractivity contribution in [2.45, 2.75) is 19.4 Å². The van der Waals surface area contributed by atoms with E-state index in [0.29, 0.717) is 13.1 Å². The second kappa shape index (κ2) is 8.62. The lowest BCUT2D eigenvalue weighted by atomic mass is 10.00. The van der Waals surface area contributed by atoms with Crippen LogP contribution in [-0.4, -0.2) is 38.2 Å². The van der Waals surface area contributed by atoms with Gasteiger partial charge in [-0.25, -0.2) is 4.79 Å². The number of methoxy groups -OCH3 is 2. The van der Waals surface area contributed by atoms with Gasteiger partial charge in [-0.05, 0) is 42.7 Å². The van der Waals surface area contributed by atoms with E-state index >= 15 is 0 Å². The van der Waals surface area contributed by atoms with Gasteiger partial charge in [0.2, 0.25) is 0 Å². The van der Waals surface area contributed by atoms with Crippen molar-refractivity contribution in [3.8, 4) is 11.5 Å². The first-order chi connectivity index (χ1) is 13.1. The number of urea groups is 1. The maximum Gasteiger partial charge on any atom is 0.318 e. The number of carbonyl (C=O) groups excluding carboxylic acids is 1. The van der Waals surface area contributed by atoms with E-state index in [2.05, 4.69) is 23.5 Å². The van der Waals surface area contributed by atoms with E-state index in [-0.39, 0.29) is 12.1 Å². The number of nitrogens with zero attached hydrogens (tertiary/aromatic N) is 1. The highest BCUT2D eigenvalue weighted by molar-refractivity contribution is 5.77. The molecule has 3 rings (SSSR count). The summed E-state index contributed by atoms with van der Waals surface area (Å²) in [6.07, 6.45) is 2.99. The summed E-state index contributed by atoms with van der Waals surface area (Å²) in [4.78, 5) is 14.5. The molecule has 2 aromatic rings. The second-order valence-corrected chi connectivity index (χ2v) is 6.57. The fraction of sp³-hybridized carbons (Fsp3) is 0.318. The lowest BCUT2D eigenvalue weighted by Crippen LogP contribution is -2.43. The molecule has 0 aliphatic carbocycles. The maximum atomic E-state index is 12.7. The first-order valence-corrected chi connectivity index (χ1v) is 9.14. The summed E-state index contributed by atoms with van der Waals surface area (Å²) in [5.74, 6) is 1.47. The van der Waals surface area contributed by atoms with Crippen molar-refractivity contribution < 1.29 is 14.3 Å². The zero-order valence-corrected chi connectivity index (χ0v) is 16.1. The van der Waals surface area contributed by atoms with Gasteiger partial charge in [0.15, 0.2) is 0 Å². The normalized spacial score (nSPS) is 14.9. The minimum Gasteiger partial charge on any atom is -0.497 e. The summed E-state index contributed by atoms with van der Waals surface area (Å²) in [5, 5.41) is 3.07. The molecule has 1 unspecified atom stereocenters. The van der Waals surface area contributed by atoms with E-state index in [1.54, 1.807) is 14.2 Å². The number of hydrogen-bond donors (Lipinski definition) is 1. The van der Waals surface area contributed by atoms with E-state index in [0.717, 1.165) is 23.5 Å². The van der Waals surface area contributed by atoms with Crippen LogP contribution in [0.4, 0.5) is 4.79 Å². The summed E-state index contributed by atoms with van der Waals surface area (Å²) in [6.45, 7) is 3.26. The smallest absolute Gasteiger partial charge is 0.318 e. The van der Waals surface area contributed by atoms with Gasteiger partial charge in [-0.1, -0.05) is 36.4 Å². The largest absolute Gasteiger partial charge is 0.497 e. The van der Waals surface area contributed by atoms with Crippen molar-refractivity contribution in [2.75, 3.05) is 27.3 Å². The Bertz CT molecular complexity index is 818. The molecular formula is C22H26N2O3. The Hall–Kier alpha value is -2.95. The van der Waals surface area contributed by atoms with Crippen LogP contribution in [0.15, 0.2) is 54.6 Å². The summed E-state index contributed by atoms with van der Waals surface area (Å²) in [7, 11) is 3.25. The molecule has 2 aromatic carbocycles. The van der Waals surface area contributed by atoms with Crippen LogP contribution in [0.3, 0.4) is 0 Å². The van der Waals surface area contributed by atoms with Crippen LogP contribution in [-0.2, 0) is 0 Å². The first-order valence-electron chi connectivity index (χ1n) is 9.14. The summed E-state index contributed by atoms with van der Waals surface area (Å²) in [6, 6.07) is 15.6. The molecule has 0 saturated carbocycles.